The van der Waals surface area contributed by atoms with Crippen molar-refractivity contribution in [3.05, 3.63) is 29.8 Å². The molecule has 0 aliphatic carbocycles. The van der Waals surface area contributed by atoms with Crippen molar-refractivity contribution >= 4 is 11.7 Å². The van der Waals surface area contributed by atoms with E-state index < -0.39 is 0 Å². The van der Waals surface area contributed by atoms with Gasteiger partial charge in [0, 0.05) is 31.4 Å². The molecule has 2 amide bonds. The van der Waals surface area contributed by atoms with Crippen LogP contribution in [0.1, 0.15) is 18.4 Å². The van der Waals surface area contributed by atoms with E-state index in [2.05, 4.69) is 24.4 Å². The summed E-state index contributed by atoms with van der Waals surface area (Å²) in [6.45, 7) is 5.73. The Bertz CT molecular complexity index is 468. The fourth-order valence-corrected chi connectivity index (χ4v) is 3.03. The monoisotopic (exact) mass is 259 g/mol. The predicted molar refractivity (Wildman–Crippen MR) is 76.5 cm³/mol. The minimum Gasteiger partial charge on any atom is -0.318 e. The summed E-state index contributed by atoms with van der Waals surface area (Å²) in [5, 5.41) is 3.38. The summed E-state index contributed by atoms with van der Waals surface area (Å²) in [5.74, 6) is 0. The maximum Gasteiger partial charge on any atom is 0.324 e. The molecular weight excluding hydrogens is 238 g/mol. The van der Waals surface area contributed by atoms with Crippen molar-refractivity contribution in [3.63, 3.8) is 0 Å². The number of nitrogens with one attached hydrogen (secondary N) is 1. The Morgan fingerprint density at radius 2 is 2.21 bits per heavy atom. The van der Waals surface area contributed by atoms with Crippen LogP contribution in [0.15, 0.2) is 24.3 Å². The third kappa shape index (κ3) is 2.45. The molecule has 1 atom stereocenters. The summed E-state index contributed by atoms with van der Waals surface area (Å²) in [7, 11) is 0. The normalized spacial score (nSPS) is 24.1. The molecule has 1 aromatic rings. The maximum atomic E-state index is 12.5. The molecule has 2 heterocycles. The molecule has 4 nitrogen and oxygen atoms in total. The van der Waals surface area contributed by atoms with Crippen LogP contribution in [0.4, 0.5) is 10.5 Å². The van der Waals surface area contributed by atoms with Crippen LogP contribution in [-0.2, 0) is 0 Å². The summed E-state index contributed by atoms with van der Waals surface area (Å²) >= 11 is 0. The van der Waals surface area contributed by atoms with Gasteiger partial charge in [0.25, 0.3) is 0 Å². The summed E-state index contributed by atoms with van der Waals surface area (Å²) < 4.78 is 0. The lowest BCUT2D eigenvalue weighted by Crippen LogP contribution is -2.47. The Morgan fingerprint density at radius 3 is 2.95 bits per heavy atom. The van der Waals surface area contributed by atoms with Crippen molar-refractivity contribution in [3.8, 4) is 0 Å². The SMILES string of the molecule is Cc1cccc(N2CCN(C3CCCNC3)C2=O)c1. The molecule has 1 aromatic carbocycles. The highest BCUT2D eigenvalue weighted by Crippen LogP contribution is 2.24. The van der Waals surface area contributed by atoms with Crippen LogP contribution in [0.2, 0.25) is 0 Å². The van der Waals surface area contributed by atoms with E-state index in [0.717, 1.165) is 38.3 Å². The smallest absolute Gasteiger partial charge is 0.318 e. The van der Waals surface area contributed by atoms with Gasteiger partial charge in [-0.1, -0.05) is 12.1 Å². The molecule has 102 valence electrons. The van der Waals surface area contributed by atoms with Gasteiger partial charge < -0.3 is 10.2 Å². The van der Waals surface area contributed by atoms with Gasteiger partial charge in [-0.3, -0.25) is 4.90 Å². The zero-order chi connectivity index (χ0) is 13.2. The highest BCUT2D eigenvalue weighted by atomic mass is 16.2. The minimum absolute atomic E-state index is 0.166. The lowest BCUT2D eigenvalue weighted by molar-refractivity contribution is 0.187. The summed E-state index contributed by atoms with van der Waals surface area (Å²) in [5.41, 5.74) is 2.22. The van der Waals surface area contributed by atoms with Crippen molar-refractivity contribution in [2.75, 3.05) is 31.1 Å². The lowest BCUT2D eigenvalue weighted by Gasteiger charge is -2.31. The first kappa shape index (κ1) is 12.5. The lowest BCUT2D eigenvalue weighted by atomic mass is 10.1. The number of hydrogen-bond acceptors (Lipinski definition) is 2. The van der Waals surface area contributed by atoms with E-state index >= 15 is 0 Å². The molecule has 2 saturated heterocycles. The molecule has 2 aliphatic rings. The zero-order valence-corrected chi connectivity index (χ0v) is 11.4. The van der Waals surface area contributed by atoms with Gasteiger partial charge in [0.2, 0.25) is 0 Å². The Kier molecular flexibility index (Phi) is 3.42. The number of piperidine rings is 1. The molecule has 2 fully saturated rings. The van der Waals surface area contributed by atoms with E-state index in [0.29, 0.717) is 6.04 Å². The van der Waals surface area contributed by atoms with Crippen molar-refractivity contribution in [2.24, 2.45) is 0 Å². The van der Waals surface area contributed by atoms with E-state index in [4.69, 9.17) is 0 Å². The Morgan fingerprint density at radius 1 is 1.32 bits per heavy atom. The van der Waals surface area contributed by atoms with Gasteiger partial charge in [-0.05, 0) is 44.0 Å². The zero-order valence-electron chi connectivity index (χ0n) is 11.4. The van der Waals surface area contributed by atoms with Crippen LogP contribution >= 0.6 is 0 Å². The topological polar surface area (TPSA) is 35.6 Å². The molecule has 1 unspecified atom stereocenters. The number of carbonyl (C=O) groups is 1. The van der Waals surface area contributed by atoms with E-state index in [1.165, 1.54) is 12.0 Å². The average molecular weight is 259 g/mol. The fraction of sp³-hybridized carbons (Fsp3) is 0.533. The Balaban J connectivity index is 1.74. The molecule has 3 rings (SSSR count). The molecule has 0 bridgehead atoms. The summed E-state index contributed by atoms with van der Waals surface area (Å²) in [6.07, 6.45) is 2.29. The van der Waals surface area contributed by atoms with E-state index in [1.807, 2.05) is 21.9 Å². The quantitative estimate of drug-likeness (QED) is 0.881. The van der Waals surface area contributed by atoms with Crippen LogP contribution < -0.4 is 10.2 Å². The first-order valence-electron chi connectivity index (χ1n) is 7.11. The van der Waals surface area contributed by atoms with Crippen LogP contribution in [0, 0.1) is 6.92 Å². The fourth-order valence-electron chi connectivity index (χ4n) is 3.03. The molecule has 19 heavy (non-hydrogen) atoms. The first-order valence-corrected chi connectivity index (χ1v) is 7.11. The predicted octanol–water partition coefficient (Wildman–Crippen LogP) is 1.99. The Labute approximate surface area is 114 Å². The Hall–Kier alpha value is -1.55. The van der Waals surface area contributed by atoms with E-state index in [1.54, 1.807) is 0 Å². The number of benzene rings is 1. The summed E-state index contributed by atoms with van der Waals surface area (Å²) in [4.78, 5) is 16.5. The number of aryl methyl sites for hydroxylation is 1. The summed E-state index contributed by atoms with van der Waals surface area (Å²) in [6, 6.07) is 8.72. The van der Waals surface area contributed by atoms with Crippen molar-refractivity contribution < 1.29 is 4.79 Å². The van der Waals surface area contributed by atoms with E-state index in [9.17, 15) is 4.79 Å². The van der Waals surface area contributed by atoms with Gasteiger partial charge in [-0.2, -0.15) is 0 Å². The molecule has 0 saturated carbocycles. The standard InChI is InChI=1S/C15H21N3O/c1-12-4-2-5-13(10-12)17-8-9-18(15(17)19)14-6-3-7-16-11-14/h2,4-5,10,14,16H,3,6-9,11H2,1H3. The van der Waals surface area contributed by atoms with Gasteiger partial charge in [0.1, 0.15) is 0 Å². The second kappa shape index (κ2) is 5.21. The number of carbonyl (C=O) groups excluding carboxylic acids is 1. The largest absolute Gasteiger partial charge is 0.324 e. The highest BCUT2D eigenvalue weighted by Gasteiger charge is 2.34. The third-order valence-corrected chi connectivity index (χ3v) is 4.07. The number of urea groups is 1. The molecule has 0 radical (unpaired) electrons. The van der Waals surface area contributed by atoms with Crippen LogP contribution in [0.3, 0.4) is 0 Å². The second-order valence-corrected chi connectivity index (χ2v) is 5.47. The molecule has 0 spiro atoms. The number of rotatable bonds is 2. The maximum absolute atomic E-state index is 12.5. The second-order valence-electron chi connectivity index (χ2n) is 5.47. The van der Waals surface area contributed by atoms with Crippen LogP contribution in [-0.4, -0.2) is 43.2 Å². The average Bonchev–Trinajstić information content (AvgIpc) is 2.81. The first-order chi connectivity index (χ1) is 9.25. The number of anilines is 1. The van der Waals surface area contributed by atoms with Gasteiger partial charge in [0.15, 0.2) is 0 Å². The third-order valence-electron chi connectivity index (χ3n) is 4.07. The van der Waals surface area contributed by atoms with Crippen LogP contribution in [0.25, 0.3) is 0 Å². The van der Waals surface area contributed by atoms with Crippen molar-refractivity contribution in [1.29, 1.82) is 0 Å². The number of nitrogens with zero attached hydrogens (tertiary/aromatic N) is 2. The molecular formula is C15H21N3O. The number of amides is 2. The molecule has 0 aromatic heterocycles. The molecule has 1 N–H and O–H groups in total. The molecule has 4 heteroatoms. The molecule has 2 aliphatic heterocycles. The van der Waals surface area contributed by atoms with Gasteiger partial charge >= 0.3 is 6.03 Å². The van der Waals surface area contributed by atoms with E-state index in [-0.39, 0.29) is 6.03 Å². The van der Waals surface area contributed by atoms with Crippen LogP contribution in [0.5, 0.6) is 0 Å². The number of hydrogen-bond donors (Lipinski definition) is 1. The van der Waals surface area contributed by atoms with Gasteiger partial charge in [-0.15, -0.1) is 0 Å². The van der Waals surface area contributed by atoms with Crippen molar-refractivity contribution in [2.45, 2.75) is 25.8 Å². The van der Waals surface area contributed by atoms with Crippen molar-refractivity contribution in [1.82, 2.24) is 10.2 Å². The minimum atomic E-state index is 0.166. The van der Waals surface area contributed by atoms with Gasteiger partial charge in [-0.25, -0.2) is 4.79 Å². The highest BCUT2D eigenvalue weighted by molar-refractivity contribution is 5.94. The van der Waals surface area contributed by atoms with Gasteiger partial charge in [0.05, 0.1) is 0 Å².